The van der Waals surface area contributed by atoms with Crippen molar-refractivity contribution in [3.8, 4) is 17.1 Å². The quantitative estimate of drug-likeness (QED) is 0.298. The van der Waals surface area contributed by atoms with Crippen LogP contribution in [0, 0.1) is 6.92 Å². The van der Waals surface area contributed by atoms with Gasteiger partial charge in [-0.2, -0.15) is 0 Å². The van der Waals surface area contributed by atoms with Crippen molar-refractivity contribution in [3.63, 3.8) is 0 Å². The molecule has 11 heteroatoms. The molecule has 0 aliphatic heterocycles. The smallest absolute Gasteiger partial charge is 0.277 e. The van der Waals surface area contributed by atoms with Crippen LogP contribution in [-0.4, -0.2) is 46.3 Å². The number of H-pyrrole nitrogens is 1. The lowest BCUT2D eigenvalue weighted by molar-refractivity contribution is 0.182. The number of ether oxygens (including phenoxy) is 1. The predicted molar refractivity (Wildman–Crippen MR) is 136 cm³/mol. The Labute approximate surface area is 209 Å². The van der Waals surface area contributed by atoms with Gasteiger partial charge in [0.25, 0.3) is 5.56 Å². The first kappa shape index (κ1) is 25.5. The third-order valence-electron chi connectivity index (χ3n) is 5.68. The summed E-state index contributed by atoms with van der Waals surface area (Å²) in [6.45, 7) is 5.69. The minimum Gasteiger partial charge on any atom is -0.493 e. The first-order chi connectivity index (χ1) is 17.2. The molecule has 36 heavy (non-hydrogen) atoms. The Hall–Kier alpha value is -3.54. The zero-order valence-corrected chi connectivity index (χ0v) is 21.2. The van der Waals surface area contributed by atoms with Crippen molar-refractivity contribution in [2.75, 3.05) is 13.2 Å². The molecule has 4 rings (SSSR count). The number of aliphatic hydroxyl groups excluding tert-OH is 1. The molecule has 0 aliphatic carbocycles. The van der Waals surface area contributed by atoms with Gasteiger partial charge in [0.1, 0.15) is 11.6 Å². The fourth-order valence-electron chi connectivity index (χ4n) is 3.95. The van der Waals surface area contributed by atoms with Gasteiger partial charge >= 0.3 is 0 Å². The second kappa shape index (κ2) is 10.6. The van der Waals surface area contributed by atoms with Crippen LogP contribution in [0.2, 0.25) is 0 Å². The summed E-state index contributed by atoms with van der Waals surface area (Å²) >= 11 is 0. The van der Waals surface area contributed by atoms with E-state index in [0.717, 1.165) is 6.42 Å². The van der Waals surface area contributed by atoms with Crippen LogP contribution in [0.15, 0.2) is 58.2 Å². The van der Waals surface area contributed by atoms with Crippen LogP contribution < -0.4 is 15.0 Å². The molecular formula is C25H29N5O5S. The number of hydrogen-bond acceptors (Lipinski definition) is 7. The maximum Gasteiger partial charge on any atom is 0.277 e. The first-order valence-electron chi connectivity index (χ1n) is 11.7. The van der Waals surface area contributed by atoms with Crippen LogP contribution >= 0.6 is 0 Å². The fourth-order valence-corrected chi connectivity index (χ4v) is 5.01. The zero-order chi connectivity index (χ0) is 25.9. The average Bonchev–Trinajstić information content (AvgIpc) is 3.19. The molecule has 0 amide bonds. The van der Waals surface area contributed by atoms with Gasteiger partial charge < -0.3 is 14.8 Å². The number of sulfonamides is 1. The van der Waals surface area contributed by atoms with E-state index in [9.17, 15) is 18.3 Å². The summed E-state index contributed by atoms with van der Waals surface area (Å²) < 4.78 is 35.8. The van der Waals surface area contributed by atoms with Crippen LogP contribution in [0.3, 0.4) is 0 Å². The number of fused-ring (bicyclic) bond motifs is 1. The lowest BCUT2D eigenvalue weighted by Gasteiger charge is -2.15. The number of aliphatic hydroxyl groups is 1. The Kier molecular flexibility index (Phi) is 7.53. The molecule has 0 saturated carbocycles. The highest BCUT2D eigenvalue weighted by Gasteiger charge is 2.22. The maximum absolute atomic E-state index is 13.1. The standard InChI is InChI=1S/C25H29N5O5S/c1-4-9-22-27-16(3)23-25(32)28-24(29-30(22)23)19-14-18(12-13-21(19)35-5-2)36(33,34)26-15-20(31)17-10-7-6-8-11-17/h6-8,10-14,20,26,31H,4-5,9,15H2,1-3H3,(H,28,29,32). The molecule has 0 fully saturated rings. The number of imidazole rings is 1. The number of aromatic amines is 1. The van der Waals surface area contributed by atoms with Crippen molar-refractivity contribution in [3.05, 3.63) is 76.0 Å². The summed E-state index contributed by atoms with van der Waals surface area (Å²) in [5, 5.41) is 15.0. The Morgan fingerprint density at radius 3 is 2.61 bits per heavy atom. The van der Waals surface area contributed by atoms with E-state index >= 15 is 0 Å². The predicted octanol–water partition coefficient (Wildman–Crippen LogP) is 2.76. The summed E-state index contributed by atoms with van der Waals surface area (Å²) in [5.74, 6) is 1.18. The van der Waals surface area contributed by atoms with E-state index < -0.39 is 16.1 Å². The van der Waals surface area contributed by atoms with Gasteiger partial charge in [-0.1, -0.05) is 37.3 Å². The molecule has 3 N–H and O–H groups in total. The van der Waals surface area contributed by atoms with Crippen molar-refractivity contribution in [1.82, 2.24) is 24.3 Å². The van der Waals surface area contributed by atoms with Gasteiger partial charge in [0, 0.05) is 13.0 Å². The largest absolute Gasteiger partial charge is 0.493 e. The van der Waals surface area contributed by atoms with Crippen molar-refractivity contribution < 1.29 is 18.3 Å². The number of aromatic nitrogens is 4. The van der Waals surface area contributed by atoms with Crippen LogP contribution in [-0.2, 0) is 16.4 Å². The Bertz CT molecular complexity index is 1530. The van der Waals surface area contributed by atoms with Gasteiger partial charge in [-0.3, -0.25) is 4.79 Å². The number of rotatable bonds is 10. The maximum atomic E-state index is 13.1. The van der Waals surface area contributed by atoms with Crippen molar-refractivity contribution in [2.45, 2.75) is 44.6 Å². The highest BCUT2D eigenvalue weighted by Crippen LogP contribution is 2.30. The van der Waals surface area contributed by atoms with Gasteiger partial charge in [-0.05, 0) is 44.0 Å². The molecule has 10 nitrogen and oxygen atoms in total. The zero-order valence-electron chi connectivity index (χ0n) is 20.4. The molecule has 1 atom stereocenters. The minimum atomic E-state index is -4.00. The lowest BCUT2D eigenvalue weighted by Crippen LogP contribution is -2.28. The number of benzene rings is 2. The van der Waals surface area contributed by atoms with Crippen molar-refractivity contribution >= 4 is 15.5 Å². The molecule has 0 saturated heterocycles. The molecule has 1 unspecified atom stereocenters. The molecule has 0 radical (unpaired) electrons. The molecule has 0 bridgehead atoms. The average molecular weight is 512 g/mol. The summed E-state index contributed by atoms with van der Waals surface area (Å²) in [6.07, 6.45) is 0.441. The third kappa shape index (κ3) is 5.18. The Morgan fingerprint density at radius 1 is 1.17 bits per heavy atom. The van der Waals surface area contributed by atoms with E-state index in [-0.39, 0.29) is 22.8 Å². The van der Waals surface area contributed by atoms with Crippen molar-refractivity contribution in [1.29, 1.82) is 0 Å². The summed E-state index contributed by atoms with van der Waals surface area (Å²) in [5.41, 5.74) is 1.45. The molecule has 2 aromatic carbocycles. The van der Waals surface area contributed by atoms with Gasteiger partial charge in [-0.15, -0.1) is 5.10 Å². The third-order valence-corrected chi connectivity index (χ3v) is 7.10. The van der Waals surface area contributed by atoms with Gasteiger partial charge in [0.2, 0.25) is 10.0 Å². The second-order valence-corrected chi connectivity index (χ2v) is 10.1. The number of nitrogens with zero attached hydrogens (tertiary/aromatic N) is 3. The molecular weight excluding hydrogens is 482 g/mol. The van der Waals surface area contributed by atoms with E-state index in [2.05, 4.69) is 19.8 Å². The molecule has 0 spiro atoms. The minimum absolute atomic E-state index is 0.0560. The molecule has 2 heterocycles. The van der Waals surface area contributed by atoms with Gasteiger partial charge in [-0.25, -0.2) is 22.6 Å². The van der Waals surface area contributed by atoms with Gasteiger partial charge in [0.05, 0.1) is 28.9 Å². The highest BCUT2D eigenvalue weighted by molar-refractivity contribution is 7.89. The van der Waals surface area contributed by atoms with E-state index in [0.29, 0.717) is 46.9 Å². The summed E-state index contributed by atoms with van der Waals surface area (Å²) in [6, 6.07) is 13.1. The van der Waals surface area contributed by atoms with Crippen LogP contribution in [0.4, 0.5) is 0 Å². The SMILES string of the molecule is CCCc1nc(C)c2c(=O)[nH]c(-c3cc(S(=O)(=O)NCC(O)c4ccccc4)ccc3OCC)nn12. The first-order valence-corrected chi connectivity index (χ1v) is 13.2. The Morgan fingerprint density at radius 2 is 1.92 bits per heavy atom. The monoisotopic (exact) mass is 511 g/mol. The lowest BCUT2D eigenvalue weighted by atomic mass is 10.1. The van der Waals surface area contributed by atoms with Crippen molar-refractivity contribution in [2.24, 2.45) is 0 Å². The molecule has 2 aromatic heterocycles. The normalized spacial score (nSPS) is 12.7. The number of aryl methyl sites for hydroxylation is 2. The van der Waals surface area contributed by atoms with E-state index in [1.807, 2.05) is 13.0 Å². The van der Waals surface area contributed by atoms with Gasteiger partial charge in [0.15, 0.2) is 11.3 Å². The number of nitrogens with one attached hydrogen (secondary N) is 2. The molecule has 4 aromatic rings. The van der Waals surface area contributed by atoms with E-state index in [4.69, 9.17) is 4.74 Å². The summed E-state index contributed by atoms with van der Waals surface area (Å²) in [7, 11) is -4.00. The fraction of sp³-hybridized carbons (Fsp3) is 0.320. The second-order valence-electron chi connectivity index (χ2n) is 8.30. The van der Waals surface area contributed by atoms with E-state index in [1.165, 1.54) is 22.7 Å². The highest BCUT2D eigenvalue weighted by atomic mass is 32.2. The van der Waals surface area contributed by atoms with E-state index in [1.54, 1.807) is 38.1 Å². The van der Waals surface area contributed by atoms with Crippen LogP contribution in [0.25, 0.3) is 16.9 Å². The summed E-state index contributed by atoms with van der Waals surface area (Å²) in [4.78, 5) is 20.1. The van der Waals surface area contributed by atoms with Crippen LogP contribution in [0.1, 0.15) is 43.5 Å². The molecule has 190 valence electrons. The van der Waals surface area contributed by atoms with Crippen LogP contribution in [0.5, 0.6) is 5.75 Å². The molecule has 0 aliphatic rings. The number of hydrogen-bond donors (Lipinski definition) is 3. The Balaban J connectivity index is 1.74. The topological polar surface area (TPSA) is 139 Å².